The summed E-state index contributed by atoms with van der Waals surface area (Å²) in [4.78, 5) is 12.1. The van der Waals surface area contributed by atoms with Crippen LogP contribution >= 0.6 is 0 Å². The molecule has 0 fully saturated rings. The predicted octanol–water partition coefficient (Wildman–Crippen LogP) is 2.38. The Balaban J connectivity index is 2.85. The van der Waals surface area contributed by atoms with Crippen molar-refractivity contribution in [3.63, 3.8) is 0 Å². The Bertz CT molecular complexity index is 457. The maximum absolute atomic E-state index is 12.1. The first-order chi connectivity index (χ1) is 9.40. The van der Waals surface area contributed by atoms with Gasteiger partial charge in [0.1, 0.15) is 18.0 Å². The van der Waals surface area contributed by atoms with Crippen LogP contribution in [0.2, 0.25) is 0 Å². The molecule has 0 radical (unpaired) electrons. The molecule has 1 N–H and O–H groups in total. The number of aryl methyl sites for hydroxylation is 1. The summed E-state index contributed by atoms with van der Waals surface area (Å²) in [5.74, 6) is 0.405. The molecule has 0 aliphatic heterocycles. The lowest BCUT2D eigenvalue weighted by Crippen LogP contribution is -2.38. The molecule has 1 amide bonds. The second-order valence-electron chi connectivity index (χ2n) is 5.01. The molecule has 0 aliphatic rings. The Hall–Kier alpha value is -1.59. The zero-order valence-corrected chi connectivity index (χ0v) is 12.8. The van der Waals surface area contributed by atoms with Crippen molar-refractivity contribution in [3.05, 3.63) is 23.8 Å². The van der Waals surface area contributed by atoms with E-state index in [0.29, 0.717) is 24.7 Å². The average Bonchev–Trinajstić information content (AvgIpc) is 2.41. The second kappa shape index (κ2) is 7.26. The van der Waals surface area contributed by atoms with Crippen molar-refractivity contribution in [1.82, 2.24) is 0 Å². The summed E-state index contributed by atoms with van der Waals surface area (Å²) in [5, 5.41) is 2.83. The van der Waals surface area contributed by atoms with Crippen molar-refractivity contribution in [2.24, 2.45) is 0 Å². The minimum atomic E-state index is -0.894. The van der Waals surface area contributed by atoms with E-state index in [1.807, 2.05) is 25.1 Å². The SMILES string of the molecule is COCCOc1cc(C)ccc1NC(=O)C(C)(C)OC. The average molecular weight is 281 g/mol. The monoisotopic (exact) mass is 281 g/mol. The first-order valence-electron chi connectivity index (χ1n) is 6.49. The van der Waals surface area contributed by atoms with Gasteiger partial charge in [0.15, 0.2) is 0 Å². The highest BCUT2D eigenvalue weighted by Crippen LogP contribution is 2.27. The number of nitrogens with one attached hydrogen (secondary N) is 1. The van der Waals surface area contributed by atoms with Crippen LogP contribution in [-0.4, -0.2) is 38.9 Å². The van der Waals surface area contributed by atoms with E-state index in [2.05, 4.69) is 5.32 Å². The van der Waals surface area contributed by atoms with Crippen LogP contribution in [0.4, 0.5) is 5.69 Å². The lowest BCUT2D eigenvalue weighted by molar-refractivity contribution is -0.133. The molecule has 0 saturated heterocycles. The predicted molar refractivity (Wildman–Crippen MR) is 78.3 cm³/mol. The first kappa shape index (κ1) is 16.5. The van der Waals surface area contributed by atoms with E-state index in [1.54, 1.807) is 21.0 Å². The van der Waals surface area contributed by atoms with Gasteiger partial charge in [0, 0.05) is 14.2 Å². The highest BCUT2D eigenvalue weighted by atomic mass is 16.5. The number of carbonyl (C=O) groups excluding carboxylic acids is 1. The maximum atomic E-state index is 12.1. The van der Waals surface area contributed by atoms with Crippen LogP contribution in [0.3, 0.4) is 0 Å². The fourth-order valence-electron chi connectivity index (χ4n) is 1.45. The molecule has 0 aromatic heterocycles. The molecular weight excluding hydrogens is 258 g/mol. The number of hydrogen-bond donors (Lipinski definition) is 1. The van der Waals surface area contributed by atoms with Crippen LogP contribution in [0.15, 0.2) is 18.2 Å². The van der Waals surface area contributed by atoms with Gasteiger partial charge in [0.2, 0.25) is 0 Å². The third kappa shape index (κ3) is 4.51. The van der Waals surface area contributed by atoms with Crippen LogP contribution in [0, 0.1) is 6.92 Å². The molecule has 5 nitrogen and oxygen atoms in total. The minimum absolute atomic E-state index is 0.222. The summed E-state index contributed by atoms with van der Waals surface area (Å²) in [6.45, 7) is 6.30. The van der Waals surface area contributed by atoms with Gasteiger partial charge < -0.3 is 19.5 Å². The molecule has 0 unspecified atom stereocenters. The molecule has 112 valence electrons. The van der Waals surface area contributed by atoms with Gasteiger partial charge in [0.05, 0.1) is 12.3 Å². The Morgan fingerprint density at radius 1 is 1.25 bits per heavy atom. The van der Waals surface area contributed by atoms with Gasteiger partial charge in [0.25, 0.3) is 5.91 Å². The third-order valence-corrected chi connectivity index (χ3v) is 2.99. The van der Waals surface area contributed by atoms with Gasteiger partial charge in [-0.25, -0.2) is 0 Å². The minimum Gasteiger partial charge on any atom is -0.489 e. The highest BCUT2D eigenvalue weighted by Gasteiger charge is 2.27. The van der Waals surface area contributed by atoms with Crippen molar-refractivity contribution < 1.29 is 19.0 Å². The molecule has 0 bridgehead atoms. The Labute approximate surface area is 120 Å². The van der Waals surface area contributed by atoms with Gasteiger partial charge in [-0.2, -0.15) is 0 Å². The van der Waals surface area contributed by atoms with Gasteiger partial charge in [-0.1, -0.05) is 6.07 Å². The number of benzene rings is 1. The molecule has 0 heterocycles. The summed E-state index contributed by atoms with van der Waals surface area (Å²) in [7, 11) is 3.12. The standard InChI is InChI=1S/C15H23NO4/c1-11-6-7-12(13(10-11)20-9-8-18-4)16-14(17)15(2,3)19-5/h6-7,10H,8-9H2,1-5H3,(H,16,17). The number of methoxy groups -OCH3 is 2. The van der Waals surface area contributed by atoms with Crippen LogP contribution in [0.5, 0.6) is 5.75 Å². The van der Waals surface area contributed by atoms with Gasteiger partial charge in [-0.15, -0.1) is 0 Å². The van der Waals surface area contributed by atoms with Crippen molar-refractivity contribution >= 4 is 11.6 Å². The van der Waals surface area contributed by atoms with Crippen LogP contribution in [0.25, 0.3) is 0 Å². The zero-order valence-electron chi connectivity index (χ0n) is 12.8. The van der Waals surface area contributed by atoms with Gasteiger partial charge in [-0.3, -0.25) is 4.79 Å². The summed E-state index contributed by atoms with van der Waals surface area (Å²) in [5.41, 5.74) is 0.789. The molecule has 1 aromatic rings. The van der Waals surface area contributed by atoms with Crippen molar-refractivity contribution in [3.8, 4) is 5.75 Å². The summed E-state index contributed by atoms with van der Waals surface area (Å²) >= 11 is 0. The topological polar surface area (TPSA) is 56.8 Å². The van der Waals surface area contributed by atoms with Crippen molar-refractivity contribution in [2.75, 3.05) is 32.8 Å². The summed E-state index contributed by atoms with van der Waals surface area (Å²) < 4.78 is 15.7. The van der Waals surface area contributed by atoms with Gasteiger partial charge in [-0.05, 0) is 38.5 Å². The molecule has 0 saturated carbocycles. The number of amides is 1. The molecule has 20 heavy (non-hydrogen) atoms. The largest absolute Gasteiger partial charge is 0.489 e. The molecule has 1 aromatic carbocycles. The van der Waals surface area contributed by atoms with Crippen LogP contribution in [-0.2, 0) is 14.3 Å². The highest BCUT2D eigenvalue weighted by molar-refractivity contribution is 5.97. The lowest BCUT2D eigenvalue weighted by atomic mass is 10.1. The molecule has 0 aliphatic carbocycles. The number of ether oxygens (including phenoxy) is 3. The maximum Gasteiger partial charge on any atom is 0.256 e. The molecule has 0 spiro atoms. The van der Waals surface area contributed by atoms with Crippen LogP contribution in [0.1, 0.15) is 19.4 Å². The van der Waals surface area contributed by atoms with Gasteiger partial charge >= 0.3 is 0 Å². The van der Waals surface area contributed by atoms with E-state index in [1.165, 1.54) is 7.11 Å². The summed E-state index contributed by atoms with van der Waals surface area (Å²) in [6, 6.07) is 5.62. The number of rotatable bonds is 7. The second-order valence-corrected chi connectivity index (χ2v) is 5.01. The van der Waals surface area contributed by atoms with E-state index in [4.69, 9.17) is 14.2 Å². The molecule has 1 rings (SSSR count). The fraction of sp³-hybridized carbons (Fsp3) is 0.533. The smallest absolute Gasteiger partial charge is 0.256 e. The lowest BCUT2D eigenvalue weighted by Gasteiger charge is -2.22. The van der Waals surface area contributed by atoms with E-state index in [0.717, 1.165) is 5.56 Å². The third-order valence-electron chi connectivity index (χ3n) is 2.99. The van der Waals surface area contributed by atoms with E-state index in [9.17, 15) is 4.79 Å². The Kier molecular flexibility index (Phi) is 5.98. The molecular formula is C15H23NO4. The molecule has 0 atom stereocenters. The van der Waals surface area contributed by atoms with E-state index in [-0.39, 0.29) is 5.91 Å². The Morgan fingerprint density at radius 3 is 2.55 bits per heavy atom. The van der Waals surface area contributed by atoms with Crippen molar-refractivity contribution in [1.29, 1.82) is 0 Å². The van der Waals surface area contributed by atoms with E-state index < -0.39 is 5.60 Å². The zero-order chi connectivity index (χ0) is 15.2. The number of hydrogen-bond acceptors (Lipinski definition) is 4. The first-order valence-corrected chi connectivity index (χ1v) is 6.49. The number of anilines is 1. The van der Waals surface area contributed by atoms with Crippen LogP contribution < -0.4 is 10.1 Å². The molecule has 5 heteroatoms. The Morgan fingerprint density at radius 2 is 1.95 bits per heavy atom. The number of carbonyl (C=O) groups is 1. The fourth-order valence-corrected chi connectivity index (χ4v) is 1.45. The summed E-state index contributed by atoms with van der Waals surface area (Å²) in [6.07, 6.45) is 0. The normalized spacial score (nSPS) is 11.2. The van der Waals surface area contributed by atoms with E-state index >= 15 is 0 Å². The van der Waals surface area contributed by atoms with Crippen molar-refractivity contribution in [2.45, 2.75) is 26.4 Å². The quantitative estimate of drug-likeness (QED) is 0.780.